The van der Waals surface area contributed by atoms with Crippen molar-refractivity contribution >= 4 is 23.0 Å². The number of unbranched alkanes of at least 4 members (excludes halogenated alkanes) is 1. The van der Waals surface area contributed by atoms with Crippen molar-refractivity contribution < 1.29 is 22.3 Å². The van der Waals surface area contributed by atoms with Gasteiger partial charge in [-0.2, -0.15) is 8.78 Å². The van der Waals surface area contributed by atoms with Gasteiger partial charge < -0.3 is 14.7 Å². The lowest BCUT2D eigenvalue weighted by Crippen LogP contribution is -2.42. The zero-order valence-electron chi connectivity index (χ0n) is 20.7. The van der Waals surface area contributed by atoms with Gasteiger partial charge in [-0.05, 0) is 30.7 Å². The minimum absolute atomic E-state index is 0.0147. The van der Waals surface area contributed by atoms with Crippen LogP contribution >= 0.6 is 0 Å². The molecule has 0 bridgehead atoms. The zero-order valence-corrected chi connectivity index (χ0v) is 20.7. The third kappa shape index (κ3) is 6.23. The molecular weight excluding hydrogens is 498 g/mol. The molecule has 1 aliphatic rings. The minimum Gasteiger partial charge on any atom is -0.435 e. The van der Waals surface area contributed by atoms with Crippen LogP contribution in [0.4, 0.5) is 17.6 Å². The molecule has 0 aliphatic carbocycles. The van der Waals surface area contributed by atoms with Crippen LogP contribution in [0.25, 0.3) is 16.6 Å². The first-order chi connectivity index (χ1) is 18.5. The van der Waals surface area contributed by atoms with E-state index in [4.69, 9.17) is 0 Å². The Balaban J connectivity index is 1.91. The first-order valence-electron chi connectivity index (χ1n) is 12.2. The number of fused-ring (bicyclic) bond motifs is 1. The molecule has 0 amide bonds. The van der Waals surface area contributed by atoms with E-state index in [1.807, 2.05) is 41.8 Å². The number of nitrogens with one attached hydrogen (secondary N) is 2. The molecule has 0 saturated carbocycles. The first-order valence-corrected chi connectivity index (χ1v) is 12.2. The Morgan fingerprint density at radius 2 is 1.89 bits per heavy atom. The number of hydrogen-bond acceptors (Lipinski definition) is 5. The number of alkyl halides is 4. The van der Waals surface area contributed by atoms with Crippen molar-refractivity contribution in [3.63, 3.8) is 0 Å². The summed E-state index contributed by atoms with van der Waals surface area (Å²) in [4.78, 5) is 9.14. The second kappa shape index (κ2) is 12.9. The van der Waals surface area contributed by atoms with Gasteiger partial charge in [0.25, 0.3) is 0 Å². The molecule has 0 spiro atoms. The van der Waals surface area contributed by atoms with Gasteiger partial charge in [0.05, 0.1) is 23.3 Å². The van der Waals surface area contributed by atoms with E-state index in [0.29, 0.717) is 41.1 Å². The summed E-state index contributed by atoms with van der Waals surface area (Å²) in [7, 11) is 0. The number of aliphatic imine (C=N–C) groups is 2. The Labute approximate surface area is 218 Å². The van der Waals surface area contributed by atoms with Gasteiger partial charge in [0.15, 0.2) is 5.84 Å². The number of allylic oxidation sites excluding steroid dienone is 1. The highest BCUT2D eigenvalue weighted by Gasteiger charge is 2.23. The van der Waals surface area contributed by atoms with Crippen molar-refractivity contribution in [2.75, 3.05) is 13.3 Å². The van der Waals surface area contributed by atoms with E-state index in [0.717, 1.165) is 17.5 Å². The van der Waals surface area contributed by atoms with Crippen LogP contribution in [-0.2, 0) is 0 Å². The van der Waals surface area contributed by atoms with Crippen LogP contribution in [0.15, 0.2) is 70.4 Å². The van der Waals surface area contributed by atoms with E-state index in [1.54, 1.807) is 18.3 Å². The van der Waals surface area contributed by atoms with Gasteiger partial charge in [-0.15, -0.1) is 0 Å². The third-order valence-corrected chi connectivity index (χ3v) is 5.66. The molecule has 2 aromatic carbocycles. The van der Waals surface area contributed by atoms with Crippen LogP contribution in [-0.4, -0.2) is 42.6 Å². The standard InChI is InChI=1S/C28H27F4N5O/c1-2-3-5-10-24-23-12-11-22(38-28(31)32)15-25(23)37(21-8-6-4-7-9-21)26(24)27-33-14-13-19(18-34-27)35-36-20(16-29)17-30/h4,6-9,11-12,14-15,18,20,28,35-36H,2-3,13,16-17H2,1H3. The fourth-order valence-corrected chi connectivity index (χ4v) is 3.88. The van der Waals surface area contributed by atoms with Crippen molar-refractivity contribution in [1.82, 2.24) is 15.4 Å². The lowest BCUT2D eigenvalue weighted by molar-refractivity contribution is -0.0497. The summed E-state index contributed by atoms with van der Waals surface area (Å²) in [6, 6.07) is 13.1. The Morgan fingerprint density at radius 1 is 1.11 bits per heavy atom. The predicted octanol–water partition coefficient (Wildman–Crippen LogP) is 5.85. The quantitative estimate of drug-likeness (QED) is 0.198. The molecule has 1 aromatic heterocycles. The first kappa shape index (κ1) is 26.9. The van der Waals surface area contributed by atoms with Gasteiger partial charge >= 0.3 is 6.61 Å². The maximum absolute atomic E-state index is 13.0. The topological polar surface area (TPSA) is 62.9 Å². The van der Waals surface area contributed by atoms with Crippen molar-refractivity contribution in [2.24, 2.45) is 9.98 Å². The lowest BCUT2D eigenvalue weighted by Gasteiger charge is -2.14. The van der Waals surface area contributed by atoms with Crippen LogP contribution in [0.3, 0.4) is 0 Å². The van der Waals surface area contributed by atoms with Crippen LogP contribution in [0.5, 0.6) is 5.75 Å². The van der Waals surface area contributed by atoms with E-state index >= 15 is 0 Å². The molecule has 0 radical (unpaired) electrons. The summed E-state index contributed by atoms with van der Waals surface area (Å²) in [5, 5.41) is 0.731. The Hall–Kier alpha value is -4.10. The molecule has 0 fully saturated rings. The number of ether oxygens (including phenoxy) is 1. The van der Waals surface area contributed by atoms with E-state index < -0.39 is 26.0 Å². The predicted molar refractivity (Wildman–Crippen MR) is 141 cm³/mol. The Morgan fingerprint density at radius 3 is 2.61 bits per heavy atom. The van der Waals surface area contributed by atoms with Gasteiger partial charge in [-0.1, -0.05) is 37.0 Å². The number of para-hydroxylation sites is 1. The molecule has 10 heteroatoms. The average molecular weight is 526 g/mol. The number of rotatable bonds is 10. The average Bonchev–Trinajstić information content (AvgIpc) is 3.05. The van der Waals surface area contributed by atoms with Crippen molar-refractivity contribution in [1.29, 1.82) is 0 Å². The summed E-state index contributed by atoms with van der Waals surface area (Å²) in [6.07, 6.45) is 5.04. The molecule has 4 rings (SSSR count). The minimum atomic E-state index is -2.97. The smallest absolute Gasteiger partial charge is 0.387 e. The van der Waals surface area contributed by atoms with Gasteiger partial charge in [0.2, 0.25) is 0 Å². The van der Waals surface area contributed by atoms with E-state index in [9.17, 15) is 17.6 Å². The number of benzene rings is 2. The maximum atomic E-state index is 13.0. The van der Waals surface area contributed by atoms with E-state index in [2.05, 4.69) is 37.4 Å². The number of amidine groups is 1. The Kier molecular flexibility index (Phi) is 9.16. The van der Waals surface area contributed by atoms with Gasteiger partial charge in [-0.3, -0.25) is 0 Å². The highest BCUT2D eigenvalue weighted by atomic mass is 19.3. The lowest BCUT2D eigenvalue weighted by atomic mass is 10.1. The fourth-order valence-electron chi connectivity index (χ4n) is 3.88. The molecule has 0 saturated heterocycles. The summed E-state index contributed by atoms with van der Waals surface area (Å²) >= 11 is 0. The number of hydrazine groups is 1. The zero-order chi connectivity index (χ0) is 26.9. The van der Waals surface area contributed by atoms with Crippen molar-refractivity contribution in [3.05, 3.63) is 71.7 Å². The molecule has 198 valence electrons. The number of nitrogens with zero attached hydrogens (tertiary/aromatic N) is 3. The van der Waals surface area contributed by atoms with E-state index in [1.165, 1.54) is 12.3 Å². The molecule has 3 aromatic rings. The van der Waals surface area contributed by atoms with Crippen LogP contribution in [0.2, 0.25) is 0 Å². The summed E-state index contributed by atoms with van der Waals surface area (Å²) < 4.78 is 58.3. The number of hydrogen-bond donors (Lipinski definition) is 2. The molecule has 2 N–H and O–H groups in total. The number of halogens is 4. The summed E-state index contributed by atoms with van der Waals surface area (Å²) in [5.41, 5.74) is 8.54. The highest BCUT2D eigenvalue weighted by molar-refractivity contribution is 6.10. The Bertz CT molecular complexity index is 1400. The second-order valence-electron chi connectivity index (χ2n) is 8.40. The van der Waals surface area contributed by atoms with Crippen LogP contribution < -0.4 is 15.6 Å². The van der Waals surface area contributed by atoms with Gasteiger partial charge in [-0.25, -0.2) is 24.2 Å². The third-order valence-electron chi connectivity index (χ3n) is 5.66. The van der Waals surface area contributed by atoms with Crippen molar-refractivity contribution in [3.8, 4) is 23.3 Å². The molecule has 6 nitrogen and oxygen atoms in total. The SMILES string of the molecule is CCCC#Cc1c(C2=NC=C(NNC(CF)CF)CC=N2)n(-c2ccccc2)c2cc(OC(F)F)ccc12. The fraction of sp³-hybridized carbons (Fsp3) is 0.286. The molecule has 0 unspecified atom stereocenters. The highest BCUT2D eigenvalue weighted by Crippen LogP contribution is 2.33. The summed E-state index contributed by atoms with van der Waals surface area (Å²) in [6.45, 7) is -2.67. The molecule has 2 heterocycles. The van der Waals surface area contributed by atoms with Gasteiger partial charge in [0.1, 0.15) is 24.8 Å². The monoisotopic (exact) mass is 525 g/mol. The van der Waals surface area contributed by atoms with E-state index in [-0.39, 0.29) is 5.75 Å². The normalized spacial score (nSPS) is 13.2. The molecular formula is C28H27F4N5O. The largest absolute Gasteiger partial charge is 0.435 e. The molecule has 1 aliphatic heterocycles. The summed E-state index contributed by atoms with van der Waals surface area (Å²) in [5.74, 6) is 6.77. The molecule has 38 heavy (non-hydrogen) atoms. The van der Waals surface area contributed by atoms with Gasteiger partial charge in [0, 0.05) is 41.9 Å². The molecule has 0 atom stereocenters. The van der Waals surface area contributed by atoms with Crippen LogP contribution in [0.1, 0.15) is 37.4 Å². The van der Waals surface area contributed by atoms with Crippen molar-refractivity contribution in [2.45, 2.75) is 38.8 Å². The number of aromatic nitrogens is 1. The second-order valence-corrected chi connectivity index (χ2v) is 8.40. The maximum Gasteiger partial charge on any atom is 0.387 e. The van der Waals surface area contributed by atoms with Crippen LogP contribution in [0, 0.1) is 11.8 Å².